The lowest BCUT2D eigenvalue weighted by molar-refractivity contribution is -0.273. The van der Waals surface area contributed by atoms with E-state index in [9.17, 15) is 14.7 Å². The standard InChI is InChI=1S/C23H36N4O6/c1-7-13(2)22(29)24-18-10-11-27(23(30)25-18)19-9-8-17(14(3)31-19)33-20-12-16(28)21(26(5)6)15(4)32-20/h7,10-11,14-17,19-21,28H,8-9,12H2,1-6H3,(H,24,25,29,30). The molecular formula is C23H36N4O6. The molecule has 0 radical (unpaired) electrons. The number of hydrogen-bond acceptors (Lipinski definition) is 8. The molecule has 0 aromatic carbocycles. The number of carbonyl (C=O) groups excluding carboxylic acids is 1. The van der Waals surface area contributed by atoms with Gasteiger partial charge in [0.05, 0.1) is 30.5 Å². The van der Waals surface area contributed by atoms with E-state index in [1.54, 1.807) is 32.2 Å². The quantitative estimate of drug-likeness (QED) is 0.611. The van der Waals surface area contributed by atoms with Crippen molar-refractivity contribution >= 4 is 11.7 Å². The van der Waals surface area contributed by atoms with Crippen LogP contribution in [0, 0.1) is 0 Å². The van der Waals surface area contributed by atoms with E-state index in [1.807, 2.05) is 32.8 Å². The topological polar surface area (TPSA) is 115 Å². The molecule has 1 amide bonds. The summed E-state index contributed by atoms with van der Waals surface area (Å²) in [5, 5.41) is 13.1. The Bertz CT molecular complexity index is 904. The summed E-state index contributed by atoms with van der Waals surface area (Å²) in [6.45, 7) is 7.29. The van der Waals surface area contributed by atoms with E-state index in [4.69, 9.17) is 14.2 Å². The second-order valence-electron chi connectivity index (χ2n) is 9.00. The molecule has 3 heterocycles. The number of nitrogens with one attached hydrogen (secondary N) is 1. The zero-order valence-corrected chi connectivity index (χ0v) is 20.2. The molecule has 7 atom stereocenters. The zero-order valence-electron chi connectivity index (χ0n) is 20.2. The number of anilines is 1. The van der Waals surface area contributed by atoms with Crippen LogP contribution in [0.1, 0.15) is 53.2 Å². The molecule has 10 heteroatoms. The number of amides is 1. The van der Waals surface area contributed by atoms with Crippen molar-refractivity contribution in [3.8, 4) is 0 Å². The van der Waals surface area contributed by atoms with Gasteiger partial charge in [-0.3, -0.25) is 9.36 Å². The maximum absolute atomic E-state index is 12.5. The number of likely N-dealkylation sites (N-methyl/N-ethyl adjacent to an activating group) is 1. The van der Waals surface area contributed by atoms with Gasteiger partial charge < -0.3 is 29.5 Å². The van der Waals surface area contributed by atoms with Crippen LogP contribution in [0.15, 0.2) is 28.7 Å². The Kier molecular flexibility index (Phi) is 8.41. The minimum absolute atomic E-state index is 0.0803. The zero-order chi connectivity index (χ0) is 24.3. The van der Waals surface area contributed by atoms with Crippen LogP contribution >= 0.6 is 0 Å². The van der Waals surface area contributed by atoms with E-state index in [1.165, 1.54) is 4.57 Å². The lowest BCUT2D eigenvalue weighted by Gasteiger charge is -2.43. The van der Waals surface area contributed by atoms with Crippen molar-refractivity contribution in [2.75, 3.05) is 19.4 Å². The number of carbonyl (C=O) groups is 1. The molecule has 0 aliphatic carbocycles. The molecule has 1 aromatic rings. The average Bonchev–Trinajstić information content (AvgIpc) is 2.74. The number of ether oxygens (including phenoxy) is 3. The molecule has 10 nitrogen and oxygen atoms in total. The molecular weight excluding hydrogens is 428 g/mol. The Hall–Kier alpha value is -2.11. The summed E-state index contributed by atoms with van der Waals surface area (Å²) in [6, 6.07) is 1.50. The highest BCUT2D eigenvalue weighted by Crippen LogP contribution is 2.31. The molecule has 2 fully saturated rings. The predicted octanol–water partition coefficient (Wildman–Crippen LogP) is 1.66. The van der Waals surface area contributed by atoms with Gasteiger partial charge in [0.25, 0.3) is 5.91 Å². The number of rotatable bonds is 6. The lowest BCUT2D eigenvalue weighted by atomic mass is 9.98. The summed E-state index contributed by atoms with van der Waals surface area (Å²) < 4.78 is 19.6. The molecule has 0 saturated carbocycles. The number of hydrogen-bond donors (Lipinski definition) is 2. The van der Waals surface area contributed by atoms with Gasteiger partial charge in [-0.2, -0.15) is 4.98 Å². The summed E-state index contributed by atoms with van der Waals surface area (Å²) in [7, 11) is 3.85. The first-order valence-electron chi connectivity index (χ1n) is 11.4. The Morgan fingerprint density at radius 1 is 1.30 bits per heavy atom. The summed E-state index contributed by atoms with van der Waals surface area (Å²) in [5.41, 5.74) is 0.0438. The first-order chi connectivity index (χ1) is 15.6. The number of aromatic nitrogens is 2. The minimum atomic E-state index is -0.540. The van der Waals surface area contributed by atoms with Gasteiger partial charge in [-0.25, -0.2) is 4.79 Å². The molecule has 2 aliphatic rings. The average molecular weight is 465 g/mol. The molecule has 184 valence electrons. The molecule has 2 aliphatic heterocycles. The lowest BCUT2D eigenvalue weighted by Crippen LogP contribution is -2.55. The van der Waals surface area contributed by atoms with Crippen LogP contribution < -0.4 is 11.0 Å². The fourth-order valence-electron chi connectivity index (χ4n) is 4.45. The van der Waals surface area contributed by atoms with Gasteiger partial charge in [-0.15, -0.1) is 0 Å². The van der Waals surface area contributed by atoms with E-state index >= 15 is 0 Å². The molecule has 3 rings (SSSR count). The van der Waals surface area contributed by atoms with Crippen LogP contribution in [-0.2, 0) is 19.0 Å². The van der Waals surface area contributed by atoms with Crippen LogP contribution in [-0.4, -0.2) is 76.3 Å². The van der Waals surface area contributed by atoms with E-state index in [0.717, 1.165) is 0 Å². The van der Waals surface area contributed by atoms with Crippen molar-refractivity contribution in [2.45, 2.75) is 89.9 Å². The smallest absolute Gasteiger partial charge is 0.351 e. The summed E-state index contributed by atoms with van der Waals surface area (Å²) in [4.78, 5) is 30.5. The maximum Gasteiger partial charge on any atom is 0.351 e. The number of allylic oxidation sites excluding steroid dienone is 1. The maximum atomic E-state index is 12.5. The third-order valence-corrected chi connectivity index (χ3v) is 6.36. The normalized spacial score (nSPS) is 33.2. The van der Waals surface area contributed by atoms with Crippen molar-refractivity contribution in [3.05, 3.63) is 34.4 Å². The first-order valence-corrected chi connectivity index (χ1v) is 11.4. The largest absolute Gasteiger partial charge is 0.391 e. The van der Waals surface area contributed by atoms with E-state index in [2.05, 4.69) is 10.3 Å². The van der Waals surface area contributed by atoms with Crippen LogP contribution in [0.2, 0.25) is 0 Å². The monoisotopic (exact) mass is 464 g/mol. The second-order valence-corrected chi connectivity index (χ2v) is 9.00. The molecule has 0 bridgehead atoms. The number of aliphatic hydroxyl groups excluding tert-OH is 1. The van der Waals surface area contributed by atoms with Crippen LogP contribution in [0.3, 0.4) is 0 Å². The number of aliphatic hydroxyl groups is 1. The first kappa shape index (κ1) is 25.5. The fourth-order valence-corrected chi connectivity index (χ4v) is 4.45. The fraction of sp³-hybridized carbons (Fsp3) is 0.696. The Balaban J connectivity index is 1.58. The van der Waals surface area contributed by atoms with Gasteiger partial charge in [0, 0.05) is 18.2 Å². The highest BCUT2D eigenvalue weighted by molar-refractivity contribution is 6.02. The summed E-state index contributed by atoms with van der Waals surface area (Å²) >= 11 is 0. The molecule has 0 spiro atoms. The van der Waals surface area contributed by atoms with E-state index < -0.39 is 24.3 Å². The Morgan fingerprint density at radius 3 is 2.61 bits per heavy atom. The third-order valence-electron chi connectivity index (χ3n) is 6.36. The Labute approximate surface area is 194 Å². The SMILES string of the molecule is CC=C(C)C(=O)Nc1ccn(C2CCC(OC3CC(O)C(N(C)C)C(C)O3)C(C)O2)c(=O)n1. The summed E-state index contributed by atoms with van der Waals surface area (Å²) in [6.07, 6.45) is 2.70. The highest BCUT2D eigenvalue weighted by Gasteiger charge is 2.40. The van der Waals surface area contributed by atoms with Crippen molar-refractivity contribution in [1.29, 1.82) is 0 Å². The van der Waals surface area contributed by atoms with E-state index in [-0.39, 0.29) is 36.1 Å². The van der Waals surface area contributed by atoms with Gasteiger partial charge in [0.2, 0.25) is 0 Å². The molecule has 33 heavy (non-hydrogen) atoms. The van der Waals surface area contributed by atoms with Crippen LogP contribution in [0.25, 0.3) is 0 Å². The minimum Gasteiger partial charge on any atom is -0.391 e. The van der Waals surface area contributed by atoms with Gasteiger partial charge in [-0.05, 0) is 60.7 Å². The molecule has 7 unspecified atom stereocenters. The Morgan fingerprint density at radius 2 is 2.03 bits per heavy atom. The highest BCUT2D eigenvalue weighted by atomic mass is 16.7. The molecule has 1 aromatic heterocycles. The van der Waals surface area contributed by atoms with Crippen molar-refractivity contribution in [2.24, 2.45) is 0 Å². The van der Waals surface area contributed by atoms with Gasteiger partial charge in [0.1, 0.15) is 12.0 Å². The predicted molar refractivity (Wildman–Crippen MR) is 123 cm³/mol. The molecule has 2 saturated heterocycles. The van der Waals surface area contributed by atoms with Gasteiger partial charge >= 0.3 is 5.69 Å². The van der Waals surface area contributed by atoms with Gasteiger partial charge in [-0.1, -0.05) is 6.08 Å². The van der Waals surface area contributed by atoms with Crippen molar-refractivity contribution in [3.63, 3.8) is 0 Å². The third kappa shape index (κ3) is 6.07. The number of nitrogens with zero attached hydrogens (tertiary/aromatic N) is 3. The molecule has 2 N–H and O–H groups in total. The summed E-state index contributed by atoms with van der Waals surface area (Å²) in [5.74, 6) is -0.100. The van der Waals surface area contributed by atoms with Crippen LogP contribution in [0.4, 0.5) is 5.82 Å². The van der Waals surface area contributed by atoms with Gasteiger partial charge in [0.15, 0.2) is 6.29 Å². The van der Waals surface area contributed by atoms with E-state index in [0.29, 0.717) is 24.8 Å². The van der Waals surface area contributed by atoms with Crippen molar-refractivity contribution in [1.82, 2.24) is 14.5 Å². The van der Waals surface area contributed by atoms with Crippen molar-refractivity contribution < 1.29 is 24.1 Å². The van der Waals surface area contributed by atoms with Crippen LogP contribution in [0.5, 0.6) is 0 Å². The second kappa shape index (κ2) is 10.9.